The Morgan fingerprint density at radius 1 is 1.33 bits per heavy atom. The van der Waals surface area contributed by atoms with Crippen LogP contribution in [0.2, 0.25) is 0 Å². The summed E-state index contributed by atoms with van der Waals surface area (Å²) in [5.41, 5.74) is 3.76. The molecule has 1 atom stereocenters. The van der Waals surface area contributed by atoms with E-state index in [2.05, 4.69) is 29.2 Å². The van der Waals surface area contributed by atoms with Gasteiger partial charge in [0.15, 0.2) is 0 Å². The summed E-state index contributed by atoms with van der Waals surface area (Å²) in [5.74, 6) is 5.83. The van der Waals surface area contributed by atoms with E-state index in [-0.39, 0.29) is 6.04 Å². The molecule has 4 heteroatoms. The molecule has 0 saturated heterocycles. The van der Waals surface area contributed by atoms with Crippen molar-refractivity contribution in [2.45, 2.75) is 19.9 Å². The molecule has 0 aliphatic carbocycles. The lowest BCUT2D eigenvalue weighted by molar-refractivity contribution is 0.419. The molecule has 0 saturated carbocycles. The number of nitrogens with zero attached hydrogens (tertiary/aromatic N) is 2. The number of hydrogen-bond acceptors (Lipinski definition) is 4. The van der Waals surface area contributed by atoms with E-state index in [4.69, 9.17) is 5.84 Å². The molecule has 1 aromatic rings. The second kappa shape index (κ2) is 4.13. The standard InChI is InChI=1S/C8H14N4/c1-6(2)8(12-9)7-3-10-5-11-4-7/h3-6,8,12H,9H2,1-2H3. The van der Waals surface area contributed by atoms with Gasteiger partial charge in [0.2, 0.25) is 0 Å². The van der Waals surface area contributed by atoms with Gasteiger partial charge in [-0.1, -0.05) is 13.8 Å². The Balaban J connectivity index is 2.80. The first-order chi connectivity index (χ1) is 5.75. The SMILES string of the molecule is CC(C)C(NN)c1cncnc1. The Morgan fingerprint density at radius 2 is 1.92 bits per heavy atom. The van der Waals surface area contributed by atoms with Crippen LogP contribution in [0.25, 0.3) is 0 Å². The van der Waals surface area contributed by atoms with E-state index in [0.29, 0.717) is 5.92 Å². The second-order valence-electron chi connectivity index (χ2n) is 3.06. The van der Waals surface area contributed by atoms with Crippen molar-refractivity contribution in [3.8, 4) is 0 Å². The lowest BCUT2D eigenvalue weighted by atomic mass is 9.99. The van der Waals surface area contributed by atoms with Crippen LogP contribution in [0.5, 0.6) is 0 Å². The zero-order chi connectivity index (χ0) is 8.97. The summed E-state index contributed by atoms with van der Waals surface area (Å²) >= 11 is 0. The normalized spacial score (nSPS) is 13.3. The summed E-state index contributed by atoms with van der Waals surface area (Å²) in [6.45, 7) is 4.19. The third-order valence-electron chi connectivity index (χ3n) is 1.79. The second-order valence-corrected chi connectivity index (χ2v) is 3.06. The molecule has 1 unspecified atom stereocenters. The minimum absolute atomic E-state index is 0.131. The molecule has 0 amide bonds. The van der Waals surface area contributed by atoms with Gasteiger partial charge in [-0.25, -0.2) is 9.97 Å². The maximum Gasteiger partial charge on any atom is 0.115 e. The first-order valence-corrected chi connectivity index (χ1v) is 3.96. The van der Waals surface area contributed by atoms with Gasteiger partial charge in [0.05, 0.1) is 6.04 Å². The molecule has 0 radical (unpaired) electrons. The summed E-state index contributed by atoms with van der Waals surface area (Å²) in [7, 11) is 0. The fourth-order valence-corrected chi connectivity index (χ4v) is 1.14. The highest BCUT2D eigenvalue weighted by Crippen LogP contribution is 2.18. The zero-order valence-electron chi connectivity index (χ0n) is 7.36. The van der Waals surface area contributed by atoms with Crippen LogP contribution in [0.15, 0.2) is 18.7 Å². The minimum Gasteiger partial charge on any atom is -0.271 e. The molecule has 4 nitrogen and oxygen atoms in total. The molecular formula is C8H14N4. The predicted molar refractivity (Wildman–Crippen MR) is 46.9 cm³/mol. The lowest BCUT2D eigenvalue weighted by Gasteiger charge is -2.18. The minimum atomic E-state index is 0.131. The van der Waals surface area contributed by atoms with Crippen LogP contribution in [0, 0.1) is 5.92 Å². The van der Waals surface area contributed by atoms with Crippen LogP contribution in [-0.2, 0) is 0 Å². The predicted octanol–water partition coefficient (Wildman–Crippen LogP) is 0.637. The number of aromatic nitrogens is 2. The van der Waals surface area contributed by atoms with Crippen molar-refractivity contribution in [2.24, 2.45) is 11.8 Å². The zero-order valence-corrected chi connectivity index (χ0v) is 7.36. The van der Waals surface area contributed by atoms with E-state index in [0.717, 1.165) is 5.56 Å². The van der Waals surface area contributed by atoms with Gasteiger partial charge < -0.3 is 0 Å². The molecule has 1 rings (SSSR count). The molecule has 0 aromatic carbocycles. The average molecular weight is 166 g/mol. The highest BCUT2D eigenvalue weighted by atomic mass is 15.2. The van der Waals surface area contributed by atoms with E-state index in [1.807, 2.05) is 0 Å². The Hall–Kier alpha value is -1.00. The maximum absolute atomic E-state index is 5.40. The van der Waals surface area contributed by atoms with Crippen molar-refractivity contribution < 1.29 is 0 Å². The molecule has 1 heterocycles. The molecule has 0 aliphatic heterocycles. The average Bonchev–Trinajstić information content (AvgIpc) is 2.07. The molecule has 66 valence electrons. The Kier molecular flexibility index (Phi) is 3.13. The molecule has 1 aromatic heterocycles. The van der Waals surface area contributed by atoms with Crippen LogP contribution in [0.3, 0.4) is 0 Å². The number of rotatable bonds is 3. The van der Waals surface area contributed by atoms with Crippen molar-refractivity contribution in [2.75, 3.05) is 0 Å². The van der Waals surface area contributed by atoms with Crippen molar-refractivity contribution in [3.05, 3.63) is 24.3 Å². The third-order valence-corrected chi connectivity index (χ3v) is 1.79. The van der Waals surface area contributed by atoms with Crippen LogP contribution in [-0.4, -0.2) is 9.97 Å². The van der Waals surface area contributed by atoms with E-state index < -0.39 is 0 Å². The van der Waals surface area contributed by atoms with Crippen LogP contribution in [0.4, 0.5) is 0 Å². The monoisotopic (exact) mass is 166 g/mol. The van der Waals surface area contributed by atoms with E-state index >= 15 is 0 Å². The summed E-state index contributed by atoms with van der Waals surface area (Å²) in [6, 6.07) is 0.131. The smallest absolute Gasteiger partial charge is 0.115 e. The summed E-state index contributed by atoms with van der Waals surface area (Å²) in [6.07, 6.45) is 5.06. The van der Waals surface area contributed by atoms with Gasteiger partial charge in [-0.15, -0.1) is 0 Å². The fourth-order valence-electron chi connectivity index (χ4n) is 1.14. The van der Waals surface area contributed by atoms with Gasteiger partial charge in [0, 0.05) is 18.0 Å². The number of nitrogens with two attached hydrogens (primary N) is 1. The van der Waals surface area contributed by atoms with Crippen molar-refractivity contribution in [1.82, 2.24) is 15.4 Å². The molecule has 3 N–H and O–H groups in total. The molecule has 0 fully saturated rings. The maximum atomic E-state index is 5.40. The van der Waals surface area contributed by atoms with Gasteiger partial charge in [-0.3, -0.25) is 11.3 Å². The lowest BCUT2D eigenvalue weighted by Crippen LogP contribution is -2.31. The Labute approximate surface area is 72.2 Å². The van der Waals surface area contributed by atoms with E-state index in [1.165, 1.54) is 6.33 Å². The fraction of sp³-hybridized carbons (Fsp3) is 0.500. The van der Waals surface area contributed by atoms with Crippen LogP contribution < -0.4 is 11.3 Å². The Morgan fingerprint density at radius 3 is 2.33 bits per heavy atom. The van der Waals surface area contributed by atoms with E-state index in [1.54, 1.807) is 12.4 Å². The van der Waals surface area contributed by atoms with Gasteiger partial charge in [0.1, 0.15) is 6.33 Å². The van der Waals surface area contributed by atoms with Crippen molar-refractivity contribution in [3.63, 3.8) is 0 Å². The van der Waals surface area contributed by atoms with Gasteiger partial charge >= 0.3 is 0 Å². The van der Waals surface area contributed by atoms with Gasteiger partial charge in [-0.2, -0.15) is 0 Å². The number of hydrazine groups is 1. The molecule has 0 bridgehead atoms. The highest BCUT2D eigenvalue weighted by Gasteiger charge is 2.13. The largest absolute Gasteiger partial charge is 0.271 e. The van der Waals surface area contributed by atoms with Gasteiger partial charge in [-0.05, 0) is 5.92 Å². The molecule has 0 aliphatic rings. The summed E-state index contributed by atoms with van der Waals surface area (Å²) in [5, 5.41) is 0. The molecule has 0 spiro atoms. The first-order valence-electron chi connectivity index (χ1n) is 3.96. The number of nitrogens with one attached hydrogen (secondary N) is 1. The molecule has 12 heavy (non-hydrogen) atoms. The van der Waals surface area contributed by atoms with Crippen LogP contribution in [0.1, 0.15) is 25.5 Å². The number of hydrogen-bond donors (Lipinski definition) is 2. The quantitative estimate of drug-likeness (QED) is 0.511. The third kappa shape index (κ3) is 1.99. The van der Waals surface area contributed by atoms with Crippen molar-refractivity contribution >= 4 is 0 Å². The first kappa shape index (κ1) is 9.09. The highest BCUT2D eigenvalue weighted by molar-refractivity contribution is 5.09. The van der Waals surface area contributed by atoms with Crippen LogP contribution >= 0.6 is 0 Å². The summed E-state index contributed by atoms with van der Waals surface area (Å²) < 4.78 is 0. The molecular weight excluding hydrogens is 152 g/mol. The summed E-state index contributed by atoms with van der Waals surface area (Å²) in [4.78, 5) is 7.86. The van der Waals surface area contributed by atoms with E-state index in [9.17, 15) is 0 Å². The van der Waals surface area contributed by atoms with Gasteiger partial charge in [0.25, 0.3) is 0 Å². The topological polar surface area (TPSA) is 63.8 Å². The van der Waals surface area contributed by atoms with Crippen molar-refractivity contribution in [1.29, 1.82) is 0 Å². The Bertz CT molecular complexity index is 222.